The number of aromatic nitrogens is 3. The Labute approximate surface area is 167 Å². The van der Waals surface area contributed by atoms with Crippen molar-refractivity contribution in [2.24, 2.45) is 0 Å². The van der Waals surface area contributed by atoms with Gasteiger partial charge in [0.1, 0.15) is 12.4 Å². The van der Waals surface area contributed by atoms with Gasteiger partial charge in [-0.05, 0) is 36.6 Å². The molecule has 29 heavy (non-hydrogen) atoms. The van der Waals surface area contributed by atoms with E-state index in [1.807, 2.05) is 6.92 Å². The third-order valence-corrected chi connectivity index (χ3v) is 4.95. The molecule has 150 valence electrons. The number of rotatable bonds is 5. The van der Waals surface area contributed by atoms with Crippen molar-refractivity contribution in [1.82, 2.24) is 14.8 Å². The van der Waals surface area contributed by atoms with Crippen LogP contribution in [-0.2, 0) is 9.53 Å². The van der Waals surface area contributed by atoms with Crippen LogP contribution in [0.15, 0.2) is 48.5 Å². The molecule has 0 bridgehead atoms. The number of methoxy groups -OCH3 is 1. The van der Waals surface area contributed by atoms with Crippen LogP contribution >= 0.6 is 0 Å². The normalized spacial score (nSPS) is 18.0. The van der Waals surface area contributed by atoms with Gasteiger partial charge >= 0.3 is 0 Å². The molecule has 0 saturated heterocycles. The first-order chi connectivity index (χ1) is 14.0. The van der Waals surface area contributed by atoms with Crippen LogP contribution in [0.25, 0.3) is 0 Å². The maximum Gasteiger partial charge on any atom is 0.252 e. The minimum absolute atomic E-state index is 0.00452. The van der Waals surface area contributed by atoms with Gasteiger partial charge in [-0.3, -0.25) is 10.1 Å². The van der Waals surface area contributed by atoms with Gasteiger partial charge in [-0.2, -0.15) is 4.98 Å². The van der Waals surface area contributed by atoms with Crippen molar-refractivity contribution in [2.45, 2.75) is 25.4 Å². The Morgan fingerprint density at radius 3 is 2.59 bits per heavy atom. The van der Waals surface area contributed by atoms with Crippen molar-refractivity contribution in [2.75, 3.05) is 24.4 Å². The van der Waals surface area contributed by atoms with Crippen molar-refractivity contribution in [3.63, 3.8) is 0 Å². The molecule has 8 heteroatoms. The first kappa shape index (κ1) is 19.1. The summed E-state index contributed by atoms with van der Waals surface area (Å²) in [6.45, 7) is 1.97. The molecule has 0 saturated carbocycles. The highest BCUT2D eigenvalue weighted by Crippen LogP contribution is 2.38. The third kappa shape index (κ3) is 4.12. The number of carbonyl (C=O) groups excluding carboxylic acids is 1. The summed E-state index contributed by atoms with van der Waals surface area (Å²) < 4.78 is 20.0. The fraction of sp³-hybridized carbons (Fsp3) is 0.286. The van der Waals surface area contributed by atoms with Crippen LogP contribution in [0.3, 0.4) is 0 Å². The number of anilines is 2. The molecule has 7 nitrogen and oxygen atoms in total. The molecular formula is C21H22FN5O2. The van der Waals surface area contributed by atoms with E-state index >= 15 is 0 Å². The number of benzene rings is 2. The summed E-state index contributed by atoms with van der Waals surface area (Å²) >= 11 is 0. The van der Waals surface area contributed by atoms with Gasteiger partial charge in [-0.1, -0.05) is 42.0 Å². The summed E-state index contributed by atoms with van der Waals surface area (Å²) in [5.74, 6) is 0.128. The lowest BCUT2D eigenvalue weighted by molar-refractivity contribution is -0.119. The number of nitrogens with one attached hydrogen (secondary N) is 2. The van der Waals surface area contributed by atoms with E-state index in [0.717, 1.165) is 11.1 Å². The number of ether oxygens (including phenoxy) is 1. The van der Waals surface area contributed by atoms with E-state index in [0.29, 0.717) is 12.4 Å². The fourth-order valence-corrected chi connectivity index (χ4v) is 3.50. The highest BCUT2D eigenvalue weighted by Gasteiger charge is 2.31. The van der Waals surface area contributed by atoms with Gasteiger partial charge < -0.3 is 10.1 Å². The Hall–Kier alpha value is -3.26. The molecule has 0 fully saturated rings. The molecule has 0 radical (unpaired) electrons. The average molecular weight is 395 g/mol. The molecule has 2 atom stereocenters. The topological polar surface area (TPSA) is 81.1 Å². The van der Waals surface area contributed by atoms with Crippen LogP contribution in [0.4, 0.5) is 16.3 Å². The van der Waals surface area contributed by atoms with Gasteiger partial charge in [0.2, 0.25) is 5.95 Å². The summed E-state index contributed by atoms with van der Waals surface area (Å²) in [6, 6.07) is 14.6. The number of aryl methyl sites for hydroxylation is 1. The summed E-state index contributed by atoms with van der Waals surface area (Å²) in [7, 11) is 1.45. The van der Waals surface area contributed by atoms with Crippen molar-refractivity contribution in [1.29, 1.82) is 0 Å². The summed E-state index contributed by atoms with van der Waals surface area (Å²) in [5, 5.41) is 10.5. The van der Waals surface area contributed by atoms with Gasteiger partial charge in [-0.15, -0.1) is 5.10 Å². The second-order valence-corrected chi connectivity index (χ2v) is 7.10. The van der Waals surface area contributed by atoms with Crippen LogP contribution in [0, 0.1) is 12.7 Å². The third-order valence-electron chi connectivity index (χ3n) is 4.95. The largest absolute Gasteiger partial charge is 0.375 e. The van der Waals surface area contributed by atoms with Crippen LogP contribution in [0.5, 0.6) is 0 Å². The first-order valence-corrected chi connectivity index (χ1v) is 9.37. The number of hydrogen-bond donors (Lipinski definition) is 2. The van der Waals surface area contributed by atoms with E-state index in [-0.39, 0.29) is 36.4 Å². The summed E-state index contributed by atoms with van der Waals surface area (Å²) in [5.41, 5.74) is 3.24. The van der Waals surface area contributed by atoms with Crippen LogP contribution in [-0.4, -0.2) is 34.4 Å². The number of carbonyl (C=O) groups is 1. The second-order valence-electron chi connectivity index (χ2n) is 7.10. The molecule has 3 aromatic rings. The van der Waals surface area contributed by atoms with Gasteiger partial charge in [0.15, 0.2) is 0 Å². The quantitative estimate of drug-likeness (QED) is 0.692. The van der Waals surface area contributed by atoms with Crippen molar-refractivity contribution in [3.05, 3.63) is 71.0 Å². The molecule has 1 aliphatic rings. The molecule has 2 heterocycles. The Balaban J connectivity index is 1.69. The van der Waals surface area contributed by atoms with E-state index in [1.54, 1.807) is 16.8 Å². The highest BCUT2D eigenvalue weighted by molar-refractivity contribution is 5.90. The Morgan fingerprint density at radius 1 is 1.21 bits per heavy atom. The predicted octanol–water partition coefficient (Wildman–Crippen LogP) is 3.46. The standard InChI is InChI=1S/C21H22FN5O2/c1-13-3-5-14(6-4-13)17-11-18(15-7-9-16(22)10-8-15)27-21(23-17)25-20(26-27)24-19(28)12-29-2/h3-10,17-18H,11-12H2,1-2H3,(H2,23,24,25,26,28)/t17-,18-/m0/s1. The van der Waals surface area contributed by atoms with E-state index in [9.17, 15) is 9.18 Å². The molecule has 2 aromatic carbocycles. The molecule has 1 aliphatic heterocycles. The lowest BCUT2D eigenvalue weighted by Gasteiger charge is -2.31. The van der Waals surface area contributed by atoms with Gasteiger partial charge in [0, 0.05) is 7.11 Å². The molecule has 2 N–H and O–H groups in total. The zero-order valence-electron chi connectivity index (χ0n) is 16.2. The smallest absolute Gasteiger partial charge is 0.252 e. The molecule has 0 aliphatic carbocycles. The molecule has 0 unspecified atom stereocenters. The Morgan fingerprint density at radius 2 is 1.90 bits per heavy atom. The van der Waals surface area contributed by atoms with E-state index in [1.165, 1.54) is 24.8 Å². The summed E-state index contributed by atoms with van der Waals surface area (Å²) in [6.07, 6.45) is 0.705. The van der Waals surface area contributed by atoms with Crippen molar-refractivity contribution in [3.8, 4) is 0 Å². The van der Waals surface area contributed by atoms with E-state index < -0.39 is 0 Å². The van der Waals surface area contributed by atoms with Gasteiger partial charge in [0.25, 0.3) is 11.9 Å². The molecule has 4 rings (SSSR count). The zero-order valence-corrected chi connectivity index (χ0v) is 16.2. The fourth-order valence-electron chi connectivity index (χ4n) is 3.50. The van der Waals surface area contributed by atoms with E-state index in [4.69, 9.17) is 4.74 Å². The number of nitrogens with zero attached hydrogens (tertiary/aromatic N) is 3. The number of amides is 1. The minimum Gasteiger partial charge on any atom is -0.375 e. The van der Waals surface area contributed by atoms with Crippen LogP contribution < -0.4 is 10.6 Å². The average Bonchev–Trinajstić information content (AvgIpc) is 3.11. The first-order valence-electron chi connectivity index (χ1n) is 9.37. The van der Waals surface area contributed by atoms with Crippen molar-refractivity contribution < 1.29 is 13.9 Å². The van der Waals surface area contributed by atoms with Crippen LogP contribution in [0.1, 0.15) is 35.2 Å². The SMILES string of the molecule is COCC(=O)Nc1nc2n(n1)[C@H](c1ccc(F)cc1)C[C@@H](c1ccc(C)cc1)N2. The predicted molar refractivity (Wildman–Crippen MR) is 107 cm³/mol. The number of fused-ring (bicyclic) bond motifs is 1. The maximum atomic E-state index is 13.4. The monoisotopic (exact) mass is 395 g/mol. The minimum atomic E-state index is -0.330. The molecule has 1 aromatic heterocycles. The van der Waals surface area contributed by atoms with Crippen molar-refractivity contribution >= 4 is 17.8 Å². The number of hydrogen-bond acceptors (Lipinski definition) is 5. The molecule has 1 amide bonds. The molecule has 0 spiro atoms. The van der Waals surface area contributed by atoms with Gasteiger partial charge in [-0.25, -0.2) is 9.07 Å². The maximum absolute atomic E-state index is 13.4. The van der Waals surface area contributed by atoms with E-state index in [2.05, 4.69) is 45.0 Å². The summed E-state index contributed by atoms with van der Waals surface area (Å²) in [4.78, 5) is 16.3. The van der Waals surface area contributed by atoms with Crippen LogP contribution in [0.2, 0.25) is 0 Å². The molecular weight excluding hydrogens is 373 g/mol. The zero-order chi connectivity index (χ0) is 20.4. The highest BCUT2D eigenvalue weighted by atomic mass is 19.1. The lowest BCUT2D eigenvalue weighted by atomic mass is 9.93. The number of halogens is 1. The second kappa shape index (κ2) is 8.00. The Bertz CT molecular complexity index is 1000. The van der Waals surface area contributed by atoms with Gasteiger partial charge in [0.05, 0.1) is 12.1 Å². The Kier molecular flexibility index (Phi) is 5.26. The lowest BCUT2D eigenvalue weighted by Crippen LogP contribution is -2.28.